The first-order chi connectivity index (χ1) is 17.3. The fourth-order valence-electron chi connectivity index (χ4n) is 4.15. The summed E-state index contributed by atoms with van der Waals surface area (Å²) in [5.74, 6) is 1.33. The third-order valence-electron chi connectivity index (χ3n) is 6.18. The van der Waals surface area contributed by atoms with E-state index in [0.29, 0.717) is 33.9 Å². The van der Waals surface area contributed by atoms with E-state index in [1.54, 1.807) is 24.3 Å². The monoisotopic (exact) mass is 492 g/mol. The second-order valence-electron chi connectivity index (χ2n) is 8.90. The van der Waals surface area contributed by atoms with Crippen molar-refractivity contribution in [3.63, 3.8) is 0 Å². The van der Waals surface area contributed by atoms with Gasteiger partial charge in [0.15, 0.2) is 11.6 Å². The maximum atomic E-state index is 14.7. The fraction of sp³-hybridized carbons (Fsp3) is 0.226. The van der Waals surface area contributed by atoms with Crippen molar-refractivity contribution < 1.29 is 22.0 Å². The molecule has 0 atom stereocenters. The Morgan fingerprint density at radius 2 is 1.25 bits per heavy atom. The topological polar surface area (TPSA) is 0 Å². The summed E-state index contributed by atoms with van der Waals surface area (Å²) in [6, 6.07) is 14.4. The van der Waals surface area contributed by atoms with Crippen LogP contribution in [-0.2, 0) is 19.3 Å². The van der Waals surface area contributed by atoms with Crippen LogP contribution in [0.1, 0.15) is 54.0 Å². The van der Waals surface area contributed by atoms with Crippen molar-refractivity contribution in [3.05, 3.63) is 118 Å². The third kappa shape index (κ3) is 6.12. The smallest absolute Gasteiger partial charge is 0.159 e. The van der Waals surface area contributed by atoms with E-state index in [9.17, 15) is 22.0 Å². The van der Waals surface area contributed by atoms with Crippen LogP contribution in [0.5, 0.6) is 0 Å². The molecular formula is C31H25F5. The highest BCUT2D eigenvalue weighted by atomic mass is 19.2. The lowest BCUT2D eigenvalue weighted by molar-refractivity contribution is 0.511. The molecule has 5 heteroatoms. The summed E-state index contributed by atoms with van der Waals surface area (Å²) in [5.41, 5.74) is 1.89. The number of hydrogen-bond acceptors (Lipinski definition) is 0. The van der Waals surface area contributed by atoms with Gasteiger partial charge in [-0.1, -0.05) is 49.8 Å². The molecule has 0 heterocycles. The number of unbranched alkanes of at least 4 members (excludes halogenated alkanes) is 2. The van der Waals surface area contributed by atoms with Crippen LogP contribution < -0.4 is 0 Å². The Hall–Kier alpha value is -3.65. The van der Waals surface area contributed by atoms with Crippen molar-refractivity contribution in [1.82, 2.24) is 0 Å². The van der Waals surface area contributed by atoms with Gasteiger partial charge in [0.1, 0.15) is 17.5 Å². The van der Waals surface area contributed by atoms with E-state index in [1.165, 1.54) is 18.2 Å². The highest BCUT2D eigenvalue weighted by molar-refractivity contribution is 5.84. The summed E-state index contributed by atoms with van der Waals surface area (Å²) in [6.45, 7) is 2.12. The van der Waals surface area contributed by atoms with Crippen molar-refractivity contribution in [3.8, 4) is 11.8 Å². The average molecular weight is 493 g/mol. The molecule has 0 nitrogen and oxygen atoms in total. The summed E-state index contributed by atoms with van der Waals surface area (Å²) in [7, 11) is 0. The fourth-order valence-corrected chi connectivity index (χ4v) is 4.15. The standard InChI is InChI=1S/C31H25F5/c1-2-3-4-5-20-6-10-23(27(32)15-20)11-8-22-16-28(33)26(29(34)17-22)13-9-21-7-12-24-18-30(35)31(36)19-25(24)14-21/h6-7,10,12,14-19H,2-5,8,11H2,1H3. The SMILES string of the molecule is CCCCCc1ccc(CCc2cc(F)c(C#Cc3ccc4cc(F)c(F)cc4c3)c(F)c2)c(F)c1. The summed E-state index contributed by atoms with van der Waals surface area (Å²) >= 11 is 0. The molecule has 0 spiro atoms. The zero-order chi connectivity index (χ0) is 25.7. The Kier molecular flexibility index (Phi) is 8.05. The molecule has 0 fully saturated rings. The van der Waals surface area contributed by atoms with Gasteiger partial charge >= 0.3 is 0 Å². The van der Waals surface area contributed by atoms with Crippen LogP contribution in [0.2, 0.25) is 0 Å². The molecule has 0 radical (unpaired) electrons. The van der Waals surface area contributed by atoms with Gasteiger partial charge in [-0.15, -0.1) is 0 Å². The van der Waals surface area contributed by atoms with Crippen molar-refractivity contribution in [1.29, 1.82) is 0 Å². The maximum absolute atomic E-state index is 14.7. The van der Waals surface area contributed by atoms with Gasteiger partial charge in [0.2, 0.25) is 0 Å². The lowest BCUT2D eigenvalue weighted by atomic mass is 9.99. The van der Waals surface area contributed by atoms with Crippen LogP contribution in [0.25, 0.3) is 10.8 Å². The quantitative estimate of drug-likeness (QED) is 0.138. The molecular weight excluding hydrogens is 467 g/mol. The summed E-state index contributed by atoms with van der Waals surface area (Å²) in [6.07, 6.45) is 4.65. The maximum Gasteiger partial charge on any atom is 0.159 e. The number of rotatable bonds is 7. The normalized spacial score (nSPS) is 10.9. The zero-order valence-electron chi connectivity index (χ0n) is 19.9. The van der Waals surface area contributed by atoms with E-state index in [-0.39, 0.29) is 17.8 Å². The molecule has 0 saturated heterocycles. The van der Waals surface area contributed by atoms with E-state index in [4.69, 9.17) is 0 Å². The van der Waals surface area contributed by atoms with E-state index < -0.39 is 23.3 Å². The Labute approximate surface area is 207 Å². The van der Waals surface area contributed by atoms with Gasteiger partial charge in [0.25, 0.3) is 0 Å². The molecule has 0 aromatic heterocycles. The lowest BCUT2D eigenvalue weighted by Crippen LogP contribution is -2.00. The predicted molar refractivity (Wildman–Crippen MR) is 133 cm³/mol. The summed E-state index contributed by atoms with van der Waals surface area (Å²) in [5, 5.41) is 0.918. The van der Waals surface area contributed by atoms with E-state index in [2.05, 4.69) is 18.8 Å². The number of fused-ring (bicyclic) bond motifs is 1. The molecule has 0 bridgehead atoms. The largest absolute Gasteiger partial charge is 0.207 e. The predicted octanol–water partition coefficient (Wildman–Crippen LogP) is 8.45. The molecule has 0 aliphatic rings. The molecule has 0 aliphatic heterocycles. The van der Waals surface area contributed by atoms with Crippen LogP contribution in [0.3, 0.4) is 0 Å². The van der Waals surface area contributed by atoms with Crippen LogP contribution in [0.15, 0.2) is 60.7 Å². The molecule has 4 aromatic carbocycles. The molecule has 0 amide bonds. The highest BCUT2D eigenvalue weighted by Crippen LogP contribution is 2.21. The van der Waals surface area contributed by atoms with E-state index >= 15 is 0 Å². The molecule has 4 rings (SSSR count). The number of halogens is 5. The van der Waals surface area contributed by atoms with E-state index in [0.717, 1.165) is 43.4 Å². The minimum absolute atomic E-state index is 0.278. The van der Waals surface area contributed by atoms with Crippen LogP contribution in [0, 0.1) is 40.9 Å². The first kappa shape index (κ1) is 25.4. The Balaban J connectivity index is 1.47. The van der Waals surface area contributed by atoms with Crippen LogP contribution in [0.4, 0.5) is 22.0 Å². The van der Waals surface area contributed by atoms with Gasteiger partial charge in [-0.2, -0.15) is 0 Å². The van der Waals surface area contributed by atoms with Crippen LogP contribution >= 0.6 is 0 Å². The lowest BCUT2D eigenvalue weighted by Gasteiger charge is -2.08. The molecule has 36 heavy (non-hydrogen) atoms. The second kappa shape index (κ2) is 11.4. The first-order valence-corrected chi connectivity index (χ1v) is 12.0. The van der Waals surface area contributed by atoms with Gasteiger partial charge in [-0.05, 0) is 95.6 Å². The molecule has 0 unspecified atom stereocenters. The minimum atomic E-state index is -0.983. The Morgan fingerprint density at radius 3 is 1.94 bits per heavy atom. The van der Waals surface area contributed by atoms with Gasteiger partial charge < -0.3 is 0 Å². The van der Waals surface area contributed by atoms with Crippen molar-refractivity contribution in [2.45, 2.75) is 45.4 Å². The number of benzene rings is 4. The Morgan fingerprint density at radius 1 is 0.556 bits per heavy atom. The number of hydrogen-bond donors (Lipinski definition) is 0. The molecule has 0 N–H and O–H groups in total. The molecule has 0 saturated carbocycles. The summed E-state index contributed by atoms with van der Waals surface area (Å²) < 4.78 is 70.7. The van der Waals surface area contributed by atoms with E-state index in [1.807, 2.05) is 6.07 Å². The highest BCUT2D eigenvalue weighted by Gasteiger charge is 2.11. The van der Waals surface area contributed by atoms with Gasteiger partial charge in [0.05, 0.1) is 5.56 Å². The van der Waals surface area contributed by atoms with Crippen molar-refractivity contribution in [2.24, 2.45) is 0 Å². The summed E-state index contributed by atoms with van der Waals surface area (Å²) in [4.78, 5) is 0. The molecule has 184 valence electrons. The second-order valence-corrected chi connectivity index (χ2v) is 8.90. The Bertz CT molecular complexity index is 1440. The minimum Gasteiger partial charge on any atom is -0.207 e. The average Bonchev–Trinajstić information content (AvgIpc) is 2.84. The van der Waals surface area contributed by atoms with Crippen LogP contribution in [-0.4, -0.2) is 0 Å². The molecule has 0 aliphatic carbocycles. The van der Waals surface area contributed by atoms with Crippen molar-refractivity contribution >= 4 is 10.8 Å². The van der Waals surface area contributed by atoms with Gasteiger partial charge in [-0.3, -0.25) is 0 Å². The zero-order valence-corrected chi connectivity index (χ0v) is 19.9. The van der Waals surface area contributed by atoms with Gasteiger partial charge in [-0.25, -0.2) is 22.0 Å². The van der Waals surface area contributed by atoms with Crippen molar-refractivity contribution in [2.75, 3.05) is 0 Å². The third-order valence-corrected chi connectivity index (χ3v) is 6.18. The molecule has 4 aromatic rings. The number of aryl methyl sites for hydroxylation is 3. The van der Waals surface area contributed by atoms with Gasteiger partial charge in [0, 0.05) is 5.56 Å². The first-order valence-electron chi connectivity index (χ1n) is 12.0.